The summed E-state index contributed by atoms with van der Waals surface area (Å²) >= 11 is 6.80. The molecule has 51 heavy (non-hydrogen) atoms. The van der Waals surface area contributed by atoms with Gasteiger partial charge in [0.2, 0.25) is 0 Å². The van der Waals surface area contributed by atoms with Crippen molar-refractivity contribution in [2.75, 3.05) is 44.7 Å². The third-order valence-electron chi connectivity index (χ3n) is 10.6. The van der Waals surface area contributed by atoms with Crippen LogP contribution in [-0.2, 0) is 4.79 Å². The minimum atomic E-state index is -0.941. The van der Waals surface area contributed by atoms with Crippen LogP contribution >= 0.6 is 11.6 Å². The van der Waals surface area contributed by atoms with Gasteiger partial charge in [-0.25, -0.2) is 13.2 Å². The van der Waals surface area contributed by atoms with Gasteiger partial charge in [0.15, 0.2) is 11.6 Å². The number of nitrogens with zero attached hydrogens (tertiary/aromatic N) is 7. The Hall–Kier alpha value is -4.75. The van der Waals surface area contributed by atoms with Gasteiger partial charge in [0, 0.05) is 73.3 Å². The number of hydrogen-bond acceptors (Lipinski definition) is 8. The van der Waals surface area contributed by atoms with Crippen molar-refractivity contribution in [2.24, 2.45) is 0 Å². The number of aryl methyl sites for hydroxylation is 1. The Kier molecular flexibility index (Phi) is 8.58. The van der Waals surface area contributed by atoms with Gasteiger partial charge in [-0.2, -0.15) is 15.1 Å². The highest BCUT2D eigenvalue weighted by Crippen LogP contribution is 2.43. The van der Waals surface area contributed by atoms with Crippen molar-refractivity contribution in [3.8, 4) is 17.1 Å². The van der Waals surface area contributed by atoms with Crippen LogP contribution in [0.3, 0.4) is 0 Å². The van der Waals surface area contributed by atoms with Crippen molar-refractivity contribution in [2.45, 2.75) is 50.4 Å². The molecule has 2 aromatic carbocycles. The zero-order valence-electron chi connectivity index (χ0n) is 28.2. The van der Waals surface area contributed by atoms with Crippen molar-refractivity contribution < 1.29 is 22.7 Å². The molecule has 0 spiro atoms. The molecule has 1 N–H and O–H groups in total. The van der Waals surface area contributed by atoms with E-state index in [0.29, 0.717) is 64.3 Å². The predicted octanol–water partition coefficient (Wildman–Crippen LogP) is 6.67. The van der Waals surface area contributed by atoms with Gasteiger partial charge >= 0.3 is 6.01 Å². The molecule has 8 rings (SSSR count). The second-order valence-corrected chi connectivity index (χ2v) is 14.2. The van der Waals surface area contributed by atoms with Gasteiger partial charge in [0.1, 0.15) is 24.1 Å². The Balaban J connectivity index is 1.16. The summed E-state index contributed by atoms with van der Waals surface area (Å²) in [4.78, 5) is 32.0. The van der Waals surface area contributed by atoms with Crippen molar-refractivity contribution in [3.05, 3.63) is 76.7 Å². The van der Waals surface area contributed by atoms with Crippen LogP contribution in [0, 0.1) is 12.7 Å². The zero-order valence-corrected chi connectivity index (χ0v) is 28.9. The minimum absolute atomic E-state index is 0.0272. The minimum Gasteiger partial charge on any atom is -0.461 e. The number of ether oxygens (including phenoxy) is 1. The summed E-state index contributed by atoms with van der Waals surface area (Å²) in [5.41, 5.74) is 2.11. The topological polar surface area (TPSA) is 103 Å². The van der Waals surface area contributed by atoms with Gasteiger partial charge in [-0.05, 0) is 62.6 Å². The first-order chi connectivity index (χ1) is 24.6. The smallest absolute Gasteiger partial charge is 0.319 e. The number of benzene rings is 2. The van der Waals surface area contributed by atoms with Gasteiger partial charge in [-0.3, -0.25) is 19.8 Å². The first kappa shape index (κ1) is 33.4. The molecule has 3 aromatic heterocycles. The van der Waals surface area contributed by atoms with Crippen LogP contribution in [0.25, 0.3) is 39.0 Å². The Labute approximate surface area is 297 Å². The quantitative estimate of drug-likeness (QED) is 0.178. The van der Waals surface area contributed by atoms with Crippen LogP contribution in [0.1, 0.15) is 36.9 Å². The fraction of sp³-hybridized carbons (Fsp3) is 0.378. The number of anilines is 1. The molecule has 10 nitrogen and oxygen atoms in total. The number of halogens is 4. The standard InChI is InChI=1S/C37H36ClF3N8O2/c1-21-14-29-27(17-43-46-29)30(31(21)38)25-7-8-26-33(32(25)41)44-36(51-20-37-10-5-12-49(37)18-22(39)16-37)45-34(26)47(2)24-9-13-48(19-24)35(50)28(40)15-23-6-3-4-11-42-23/h3-4,6-8,11,14-15,17,22,24H,5,9-10,12-13,16,18-20H2,1-2H3,(H,43,46)/b28-15-/t22?,24?,37-/m0/s1. The summed E-state index contributed by atoms with van der Waals surface area (Å²) in [6, 6.07) is 10.0. The number of carbonyl (C=O) groups is 1. The number of likely N-dealkylation sites (N-methyl/N-ethyl adjacent to an activating group) is 1. The molecule has 3 aliphatic heterocycles. The molecule has 3 atom stereocenters. The summed E-state index contributed by atoms with van der Waals surface area (Å²) in [5.74, 6) is -1.85. The van der Waals surface area contributed by atoms with Gasteiger partial charge in [-0.1, -0.05) is 23.7 Å². The van der Waals surface area contributed by atoms with Gasteiger partial charge < -0.3 is 14.5 Å². The first-order valence-electron chi connectivity index (χ1n) is 17.1. The van der Waals surface area contributed by atoms with Crippen LogP contribution < -0.4 is 9.64 Å². The summed E-state index contributed by atoms with van der Waals surface area (Å²) in [6.45, 7) is 3.70. The number of aromatic nitrogens is 5. The second kappa shape index (κ2) is 13.1. The van der Waals surface area contributed by atoms with Crippen LogP contribution in [0.4, 0.5) is 19.0 Å². The molecule has 14 heteroatoms. The molecule has 0 radical (unpaired) electrons. The Morgan fingerprint density at radius 2 is 2.06 bits per heavy atom. The van der Waals surface area contributed by atoms with Crippen molar-refractivity contribution in [3.63, 3.8) is 0 Å². The number of amides is 1. The van der Waals surface area contributed by atoms with E-state index >= 15 is 8.78 Å². The molecule has 5 aromatic rings. The maximum atomic E-state index is 16.9. The number of H-pyrrole nitrogens is 1. The molecule has 3 aliphatic rings. The van der Waals surface area contributed by atoms with E-state index in [1.807, 2.05) is 24.9 Å². The SMILES string of the molecule is Cc1cc2[nH]ncc2c(-c2ccc3c(N(C)C4CCN(C(=O)/C(F)=C/c5ccccn5)C4)nc(OC[C@@]45CCCN4CC(F)C5)nc3c2F)c1Cl. The average molecular weight is 717 g/mol. The van der Waals surface area contributed by atoms with Gasteiger partial charge in [-0.15, -0.1) is 0 Å². The fourth-order valence-electron chi connectivity index (χ4n) is 7.98. The number of hydrogen-bond donors (Lipinski definition) is 1. The molecule has 264 valence electrons. The maximum Gasteiger partial charge on any atom is 0.319 e. The molecule has 2 unspecified atom stereocenters. The summed E-state index contributed by atoms with van der Waals surface area (Å²) in [6.07, 6.45) is 5.93. The van der Waals surface area contributed by atoms with E-state index in [1.165, 1.54) is 11.1 Å². The van der Waals surface area contributed by atoms with Crippen molar-refractivity contribution in [1.29, 1.82) is 0 Å². The highest BCUT2D eigenvalue weighted by Gasteiger charge is 2.49. The lowest BCUT2D eigenvalue weighted by molar-refractivity contribution is -0.127. The zero-order chi connectivity index (χ0) is 35.4. The maximum absolute atomic E-state index is 16.9. The summed E-state index contributed by atoms with van der Waals surface area (Å²) in [5, 5.41) is 8.58. The summed E-state index contributed by atoms with van der Waals surface area (Å²) < 4.78 is 52.8. The molecular weight excluding hydrogens is 681 g/mol. The lowest BCUT2D eigenvalue weighted by Gasteiger charge is -2.31. The number of alkyl halides is 1. The van der Waals surface area contributed by atoms with E-state index < -0.39 is 29.3 Å². The van der Waals surface area contributed by atoms with Crippen molar-refractivity contribution in [1.82, 2.24) is 34.9 Å². The van der Waals surface area contributed by atoms with E-state index in [4.69, 9.17) is 21.3 Å². The van der Waals surface area contributed by atoms with Crippen LogP contribution in [-0.4, -0.2) is 98.4 Å². The van der Waals surface area contributed by atoms with Crippen LogP contribution in [0.2, 0.25) is 5.02 Å². The number of carbonyl (C=O) groups excluding carboxylic acids is 1. The highest BCUT2D eigenvalue weighted by atomic mass is 35.5. The van der Waals surface area contributed by atoms with E-state index in [0.717, 1.165) is 31.0 Å². The summed E-state index contributed by atoms with van der Waals surface area (Å²) in [7, 11) is 1.81. The van der Waals surface area contributed by atoms with Crippen molar-refractivity contribution >= 4 is 51.2 Å². The second-order valence-electron chi connectivity index (χ2n) is 13.8. The normalized spacial score (nSPS) is 22.3. The highest BCUT2D eigenvalue weighted by molar-refractivity contribution is 6.36. The number of fused-ring (bicyclic) bond motifs is 3. The molecular formula is C37H36ClF3N8O2. The Morgan fingerprint density at radius 1 is 1.20 bits per heavy atom. The number of pyridine rings is 1. The van der Waals surface area contributed by atoms with Crippen LogP contribution in [0.5, 0.6) is 6.01 Å². The Bertz CT molecular complexity index is 2180. The fourth-order valence-corrected chi connectivity index (χ4v) is 8.24. The molecule has 0 aliphatic carbocycles. The lowest BCUT2D eigenvalue weighted by Crippen LogP contribution is -2.43. The molecule has 1 amide bonds. The van der Waals surface area contributed by atoms with E-state index in [2.05, 4.69) is 25.1 Å². The number of rotatable bonds is 8. The molecule has 0 saturated carbocycles. The number of aromatic amines is 1. The first-order valence-corrected chi connectivity index (χ1v) is 17.4. The van der Waals surface area contributed by atoms with Gasteiger partial charge in [0.25, 0.3) is 5.91 Å². The third-order valence-corrected chi connectivity index (χ3v) is 11.1. The average Bonchev–Trinajstić information content (AvgIpc) is 3.93. The molecule has 3 fully saturated rings. The molecule has 3 saturated heterocycles. The number of likely N-dealkylation sites (tertiary alicyclic amines) is 1. The molecule has 6 heterocycles. The Morgan fingerprint density at radius 3 is 2.88 bits per heavy atom. The third kappa shape index (κ3) is 5.95. The van der Waals surface area contributed by atoms with Gasteiger partial charge in [0.05, 0.1) is 28.0 Å². The van der Waals surface area contributed by atoms with E-state index in [-0.39, 0.29) is 36.3 Å². The predicted molar refractivity (Wildman–Crippen MR) is 190 cm³/mol. The lowest BCUT2D eigenvalue weighted by atomic mass is 9.95. The van der Waals surface area contributed by atoms with E-state index in [1.54, 1.807) is 36.5 Å². The number of nitrogens with one attached hydrogen (secondary N) is 1. The largest absolute Gasteiger partial charge is 0.461 e. The monoisotopic (exact) mass is 716 g/mol. The molecule has 0 bridgehead atoms. The van der Waals surface area contributed by atoms with E-state index in [9.17, 15) is 9.18 Å². The van der Waals surface area contributed by atoms with Crippen LogP contribution in [0.15, 0.2) is 54.6 Å².